The van der Waals surface area contributed by atoms with E-state index in [4.69, 9.17) is 18.0 Å². The third-order valence-corrected chi connectivity index (χ3v) is 3.64. The van der Waals surface area contributed by atoms with Gasteiger partial charge in [0.1, 0.15) is 10.8 Å². The van der Waals surface area contributed by atoms with Crippen LogP contribution >= 0.6 is 12.2 Å². The maximum absolute atomic E-state index is 13.2. The van der Waals surface area contributed by atoms with Crippen LogP contribution in [0, 0.1) is 11.7 Å². The SMILES string of the molecule is CC(C)C(C)N(C)Cc1ccc(F)cc1C(N)=S. The van der Waals surface area contributed by atoms with Crippen LogP contribution in [0.15, 0.2) is 18.2 Å². The van der Waals surface area contributed by atoms with Crippen LogP contribution < -0.4 is 5.73 Å². The van der Waals surface area contributed by atoms with E-state index in [1.165, 1.54) is 12.1 Å². The quantitative estimate of drug-likeness (QED) is 0.833. The molecule has 0 bridgehead atoms. The predicted octanol–water partition coefficient (Wildman–Crippen LogP) is 2.94. The molecule has 1 atom stereocenters. The molecule has 100 valence electrons. The summed E-state index contributed by atoms with van der Waals surface area (Å²) in [6.45, 7) is 7.25. The van der Waals surface area contributed by atoms with E-state index in [0.717, 1.165) is 5.56 Å². The molecule has 0 amide bonds. The molecule has 1 aromatic rings. The summed E-state index contributed by atoms with van der Waals surface area (Å²) >= 11 is 4.97. The average molecular weight is 268 g/mol. The number of nitrogens with zero attached hydrogens (tertiary/aromatic N) is 1. The molecule has 0 fully saturated rings. The normalized spacial score (nSPS) is 13.1. The lowest BCUT2D eigenvalue weighted by molar-refractivity contribution is 0.200. The minimum Gasteiger partial charge on any atom is -0.389 e. The Bertz CT molecular complexity index is 432. The summed E-state index contributed by atoms with van der Waals surface area (Å²) in [5.74, 6) is 0.254. The zero-order valence-corrected chi connectivity index (χ0v) is 12.2. The van der Waals surface area contributed by atoms with E-state index >= 15 is 0 Å². The summed E-state index contributed by atoms with van der Waals surface area (Å²) in [5.41, 5.74) is 7.24. The molecular formula is C14H21FN2S. The van der Waals surface area contributed by atoms with E-state index in [9.17, 15) is 4.39 Å². The highest BCUT2D eigenvalue weighted by Crippen LogP contribution is 2.17. The Labute approximate surface area is 114 Å². The van der Waals surface area contributed by atoms with Crippen molar-refractivity contribution in [2.24, 2.45) is 11.7 Å². The van der Waals surface area contributed by atoms with Crippen molar-refractivity contribution in [3.05, 3.63) is 35.1 Å². The second kappa shape index (κ2) is 6.25. The van der Waals surface area contributed by atoms with Crippen LogP contribution in [0.2, 0.25) is 0 Å². The smallest absolute Gasteiger partial charge is 0.123 e. The van der Waals surface area contributed by atoms with Crippen molar-refractivity contribution in [3.63, 3.8) is 0 Å². The third-order valence-electron chi connectivity index (χ3n) is 3.42. The lowest BCUT2D eigenvalue weighted by Gasteiger charge is -2.28. The zero-order chi connectivity index (χ0) is 13.9. The summed E-state index contributed by atoms with van der Waals surface area (Å²) in [4.78, 5) is 2.47. The molecule has 0 radical (unpaired) electrons. The van der Waals surface area contributed by atoms with Crippen LogP contribution in [0.1, 0.15) is 31.9 Å². The summed E-state index contributed by atoms with van der Waals surface area (Å²) in [6, 6.07) is 5.05. The fourth-order valence-corrected chi connectivity index (χ4v) is 2.03. The van der Waals surface area contributed by atoms with E-state index in [-0.39, 0.29) is 10.8 Å². The van der Waals surface area contributed by atoms with Crippen molar-refractivity contribution in [2.75, 3.05) is 7.05 Å². The molecule has 0 saturated carbocycles. The first kappa shape index (κ1) is 15.1. The molecular weight excluding hydrogens is 247 g/mol. The maximum Gasteiger partial charge on any atom is 0.123 e. The van der Waals surface area contributed by atoms with E-state index in [0.29, 0.717) is 24.1 Å². The van der Waals surface area contributed by atoms with Crippen molar-refractivity contribution >= 4 is 17.2 Å². The number of hydrogen-bond donors (Lipinski definition) is 1. The van der Waals surface area contributed by atoms with E-state index < -0.39 is 0 Å². The molecule has 1 aromatic carbocycles. The molecule has 0 heterocycles. The molecule has 2 N–H and O–H groups in total. The summed E-state index contributed by atoms with van der Waals surface area (Å²) in [5, 5.41) is 0. The largest absolute Gasteiger partial charge is 0.389 e. The fraction of sp³-hybridized carbons (Fsp3) is 0.500. The van der Waals surface area contributed by atoms with Gasteiger partial charge in [-0.2, -0.15) is 0 Å². The van der Waals surface area contributed by atoms with Gasteiger partial charge in [-0.1, -0.05) is 32.1 Å². The van der Waals surface area contributed by atoms with Gasteiger partial charge in [-0.05, 0) is 37.6 Å². The van der Waals surface area contributed by atoms with Crippen LogP contribution in [-0.4, -0.2) is 23.0 Å². The van der Waals surface area contributed by atoms with Gasteiger partial charge in [-0.25, -0.2) is 4.39 Å². The third kappa shape index (κ3) is 3.75. The van der Waals surface area contributed by atoms with Gasteiger partial charge in [0, 0.05) is 18.2 Å². The second-order valence-corrected chi connectivity index (χ2v) is 5.51. The Morgan fingerprint density at radius 1 is 1.39 bits per heavy atom. The predicted molar refractivity (Wildman–Crippen MR) is 78.1 cm³/mol. The van der Waals surface area contributed by atoms with Gasteiger partial charge < -0.3 is 5.73 Å². The molecule has 18 heavy (non-hydrogen) atoms. The zero-order valence-electron chi connectivity index (χ0n) is 11.4. The lowest BCUT2D eigenvalue weighted by atomic mass is 10.0. The Morgan fingerprint density at radius 3 is 2.50 bits per heavy atom. The van der Waals surface area contributed by atoms with Gasteiger partial charge in [0.2, 0.25) is 0 Å². The molecule has 0 aliphatic heterocycles. The van der Waals surface area contributed by atoms with Gasteiger partial charge in [-0.15, -0.1) is 0 Å². The van der Waals surface area contributed by atoms with Crippen LogP contribution in [0.3, 0.4) is 0 Å². The summed E-state index contributed by atoms with van der Waals surface area (Å²) in [6.07, 6.45) is 0. The topological polar surface area (TPSA) is 29.3 Å². The Morgan fingerprint density at radius 2 is 2.00 bits per heavy atom. The van der Waals surface area contributed by atoms with E-state index in [1.54, 1.807) is 6.07 Å². The molecule has 2 nitrogen and oxygen atoms in total. The van der Waals surface area contributed by atoms with Crippen LogP contribution in [-0.2, 0) is 6.54 Å². The Hall–Kier alpha value is -1.00. The summed E-state index contributed by atoms with van der Waals surface area (Å²) in [7, 11) is 2.05. The Balaban J connectivity index is 2.94. The summed E-state index contributed by atoms with van der Waals surface area (Å²) < 4.78 is 13.2. The van der Waals surface area contributed by atoms with Crippen molar-refractivity contribution in [3.8, 4) is 0 Å². The number of hydrogen-bond acceptors (Lipinski definition) is 2. The van der Waals surface area contributed by atoms with Gasteiger partial charge in [0.25, 0.3) is 0 Å². The van der Waals surface area contributed by atoms with Crippen LogP contribution in [0.25, 0.3) is 0 Å². The minimum absolute atomic E-state index is 0.245. The molecule has 0 aromatic heterocycles. The molecule has 0 saturated heterocycles. The molecule has 0 spiro atoms. The first-order chi connectivity index (χ1) is 8.32. The van der Waals surface area contributed by atoms with Gasteiger partial charge >= 0.3 is 0 Å². The molecule has 1 unspecified atom stereocenters. The van der Waals surface area contributed by atoms with Gasteiger partial charge in [0.05, 0.1) is 0 Å². The molecule has 0 aliphatic carbocycles. The molecule has 1 rings (SSSR count). The fourth-order valence-electron chi connectivity index (χ4n) is 1.84. The number of halogens is 1. The number of benzene rings is 1. The van der Waals surface area contributed by atoms with Crippen molar-refractivity contribution < 1.29 is 4.39 Å². The average Bonchev–Trinajstić information content (AvgIpc) is 2.29. The number of nitrogens with two attached hydrogens (primary N) is 1. The standard InChI is InChI=1S/C14H21FN2S/c1-9(2)10(3)17(4)8-11-5-6-12(15)7-13(11)14(16)18/h5-7,9-10H,8H2,1-4H3,(H2,16,18). The van der Waals surface area contributed by atoms with Crippen molar-refractivity contribution in [2.45, 2.75) is 33.4 Å². The van der Waals surface area contributed by atoms with Gasteiger partial charge in [-0.3, -0.25) is 4.90 Å². The first-order valence-corrected chi connectivity index (χ1v) is 6.52. The van der Waals surface area contributed by atoms with Crippen molar-refractivity contribution in [1.29, 1.82) is 0 Å². The minimum atomic E-state index is -0.305. The van der Waals surface area contributed by atoms with Crippen molar-refractivity contribution in [1.82, 2.24) is 4.90 Å². The second-order valence-electron chi connectivity index (χ2n) is 5.07. The number of thiocarbonyl (C=S) groups is 1. The number of rotatable bonds is 5. The highest BCUT2D eigenvalue weighted by atomic mass is 32.1. The Kier molecular flexibility index (Phi) is 5.23. The molecule has 4 heteroatoms. The highest BCUT2D eigenvalue weighted by molar-refractivity contribution is 7.80. The van der Waals surface area contributed by atoms with Crippen LogP contribution in [0.5, 0.6) is 0 Å². The van der Waals surface area contributed by atoms with E-state index in [2.05, 4.69) is 32.7 Å². The van der Waals surface area contributed by atoms with Crippen LogP contribution in [0.4, 0.5) is 4.39 Å². The first-order valence-electron chi connectivity index (χ1n) is 6.11. The maximum atomic E-state index is 13.2. The van der Waals surface area contributed by atoms with E-state index in [1.807, 2.05) is 0 Å². The highest BCUT2D eigenvalue weighted by Gasteiger charge is 2.15. The lowest BCUT2D eigenvalue weighted by Crippen LogP contribution is -2.33. The monoisotopic (exact) mass is 268 g/mol. The van der Waals surface area contributed by atoms with Gasteiger partial charge in [0.15, 0.2) is 0 Å². The molecule has 0 aliphatic rings.